The molecule has 1 amide bonds. The zero-order valence-corrected chi connectivity index (χ0v) is 19.3. The highest BCUT2D eigenvalue weighted by atomic mass is 32.2. The van der Waals surface area contributed by atoms with Crippen LogP contribution in [0.2, 0.25) is 0 Å². The Balaban J connectivity index is 1.43. The second-order valence-corrected chi connectivity index (χ2v) is 8.84. The molecule has 2 aromatic carbocycles. The first kappa shape index (κ1) is 23.0. The molecule has 1 aliphatic heterocycles. The monoisotopic (exact) mass is 469 g/mol. The maximum absolute atomic E-state index is 13.0. The summed E-state index contributed by atoms with van der Waals surface area (Å²) in [6, 6.07) is 16.5. The molecule has 0 radical (unpaired) electrons. The van der Waals surface area contributed by atoms with E-state index in [1.807, 2.05) is 44.2 Å². The Morgan fingerprint density at radius 1 is 1.00 bits per heavy atom. The number of alkyl halides is 2. The summed E-state index contributed by atoms with van der Waals surface area (Å²) < 4.78 is 25.8. The first-order valence-corrected chi connectivity index (χ1v) is 11.5. The van der Waals surface area contributed by atoms with Crippen molar-refractivity contribution < 1.29 is 13.6 Å². The van der Waals surface area contributed by atoms with E-state index in [2.05, 4.69) is 20.2 Å². The second-order valence-electron chi connectivity index (χ2n) is 7.80. The minimum absolute atomic E-state index is 0.223. The normalized spacial score (nSPS) is 14.0. The van der Waals surface area contributed by atoms with Crippen molar-refractivity contribution in [2.24, 2.45) is 0 Å². The third-order valence-electron chi connectivity index (χ3n) is 5.37. The van der Waals surface area contributed by atoms with E-state index in [-0.39, 0.29) is 5.91 Å². The maximum Gasteiger partial charge on any atom is 0.288 e. The molecule has 0 bridgehead atoms. The minimum atomic E-state index is -2.57. The Kier molecular flexibility index (Phi) is 7.08. The van der Waals surface area contributed by atoms with E-state index in [1.165, 1.54) is 5.56 Å². The van der Waals surface area contributed by atoms with Gasteiger partial charge in [-0.15, -0.1) is 0 Å². The number of anilines is 3. The summed E-state index contributed by atoms with van der Waals surface area (Å²) in [6.07, 6.45) is 0. The van der Waals surface area contributed by atoms with Crippen LogP contribution in [0.5, 0.6) is 0 Å². The molecule has 1 aromatic heterocycles. The molecule has 1 fully saturated rings. The molecule has 2 heterocycles. The number of benzene rings is 2. The average Bonchev–Trinajstić information content (AvgIpc) is 2.80. The molecule has 0 saturated carbocycles. The van der Waals surface area contributed by atoms with Gasteiger partial charge in [-0.2, -0.15) is 8.78 Å². The number of hydrogen-bond donors (Lipinski definition) is 1. The topological polar surface area (TPSA) is 61.4 Å². The minimum Gasteiger partial charge on any atom is -0.353 e. The molecule has 33 heavy (non-hydrogen) atoms. The number of carbonyl (C=O) groups excluding carboxylic acids is 1. The predicted octanol–water partition coefficient (Wildman–Crippen LogP) is 5.11. The summed E-state index contributed by atoms with van der Waals surface area (Å²) in [5.41, 5.74) is 2.45. The van der Waals surface area contributed by atoms with Crippen molar-refractivity contribution in [1.82, 2.24) is 14.9 Å². The Bertz CT molecular complexity index is 1120. The second kappa shape index (κ2) is 10.2. The van der Waals surface area contributed by atoms with Crippen molar-refractivity contribution in [3.8, 4) is 0 Å². The predicted molar refractivity (Wildman–Crippen MR) is 128 cm³/mol. The highest BCUT2D eigenvalue weighted by Crippen LogP contribution is 2.29. The number of aryl methyl sites for hydroxylation is 2. The summed E-state index contributed by atoms with van der Waals surface area (Å²) in [6.45, 7) is 6.04. The Hall–Kier alpha value is -3.20. The van der Waals surface area contributed by atoms with E-state index in [1.54, 1.807) is 29.2 Å². The van der Waals surface area contributed by atoms with Gasteiger partial charge in [-0.25, -0.2) is 9.97 Å². The van der Waals surface area contributed by atoms with Crippen LogP contribution >= 0.6 is 11.8 Å². The fourth-order valence-electron chi connectivity index (χ4n) is 3.71. The van der Waals surface area contributed by atoms with Crippen LogP contribution in [0.3, 0.4) is 0 Å². The van der Waals surface area contributed by atoms with Gasteiger partial charge in [-0.3, -0.25) is 4.79 Å². The Labute approximate surface area is 196 Å². The van der Waals surface area contributed by atoms with Crippen LogP contribution in [0.4, 0.5) is 26.1 Å². The van der Waals surface area contributed by atoms with E-state index in [4.69, 9.17) is 0 Å². The lowest BCUT2D eigenvalue weighted by molar-refractivity contribution is 0.0743. The molecule has 1 N–H and O–H groups in total. The molecule has 1 saturated heterocycles. The van der Waals surface area contributed by atoms with Gasteiger partial charge < -0.3 is 15.1 Å². The first-order valence-electron chi connectivity index (χ1n) is 10.7. The average molecular weight is 470 g/mol. The van der Waals surface area contributed by atoms with Gasteiger partial charge in [-0.05, 0) is 38.1 Å². The number of carbonyl (C=O) groups is 1. The van der Waals surface area contributed by atoms with Crippen LogP contribution in [0, 0.1) is 13.8 Å². The lowest BCUT2D eigenvalue weighted by Crippen LogP contribution is -2.49. The number of nitrogens with zero attached hydrogens (tertiary/aromatic N) is 4. The molecule has 0 spiro atoms. The number of amides is 1. The molecule has 3 aromatic rings. The van der Waals surface area contributed by atoms with Gasteiger partial charge in [0.25, 0.3) is 11.7 Å². The van der Waals surface area contributed by atoms with Gasteiger partial charge in [0, 0.05) is 42.8 Å². The van der Waals surface area contributed by atoms with Gasteiger partial charge in [0.05, 0.1) is 5.56 Å². The fourth-order valence-corrected chi connectivity index (χ4v) is 4.35. The van der Waals surface area contributed by atoms with Crippen LogP contribution in [0.1, 0.15) is 21.7 Å². The van der Waals surface area contributed by atoms with E-state index < -0.39 is 5.76 Å². The van der Waals surface area contributed by atoms with Gasteiger partial charge in [0.2, 0.25) is 0 Å². The number of hydrogen-bond acceptors (Lipinski definition) is 6. The zero-order chi connectivity index (χ0) is 23.4. The summed E-state index contributed by atoms with van der Waals surface area (Å²) in [4.78, 5) is 26.2. The van der Waals surface area contributed by atoms with Crippen LogP contribution in [-0.2, 0) is 0 Å². The molecule has 1 aliphatic rings. The van der Waals surface area contributed by atoms with Gasteiger partial charge >= 0.3 is 0 Å². The third-order valence-corrected chi connectivity index (χ3v) is 6.16. The first-order chi connectivity index (χ1) is 15.9. The number of halogens is 2. The molecule has 0 unspecified atom stereocenters. The number of piperazine rings is 1. The number of thioether (sulfide) groups is 1. The molecule has 4 rings (SSSR count). The van der Waals surface area contributed by atoms with Crippen LogP contribution in [-0.4, -0.2) is 52.7 Å². The van der Waals surface area contributed by atoms with E-state index in [9.17, 15) is 13.6 Å². The van der Waals surface area contributed by atoms with E-state index in [0.29, 0.717) is 60.0 Å². The third kappa shape index (κ3) is 5.78. The van der Waals surface area contributed by atoms with Gasteiger partial charge in [-0.1, -0.05) is 41.6 Å². The van der Waals surface area contributed by atoms with Gasteiger partial charge in [0.1, 0.15) is 17.5 Å². The smallest absolute Gasteiger partial charge is 0.288 e. The zero-order valence-electron chi connectivity index (χ0n) is 18.5. The Morgan fingerprint density at radius 2 is 1.70 bits per heavy atom. The van der Waals surface area contributed by atoms with Crippen molar-refractivity contribution in [3.63, 3.8) is 0 Å². The van der Waals surface area contributed by atoms with E-state index >= 15 is 0 Å². The SMILES string of the molecule is Cc1ccc(Nc2cc(N3CCN(C(=O)c4ccccc4SC(F)F)CC3)nc(C)n2)cc1. The largest absolute Gasteiger partial charge is 0.353 e. The maximum atomic E-state index is 13.0. The number of nitrogens with one attached hydrogen (secondary N) is 1. The highest BCUT2D eigenvalue weighted by Gasteiger charge is 2.25. The molecule has 172 valence electrons. The van der Waals surface area contributed by atoms with Crippen LogP contribution in [0.25, 0.3) is 0 Å². The lowest BCUT2D eigenvalue weighted by Gasteiger charge is -2.35. The molecule has 0 aliphatic carbocycles. The summed E-state index contributed by atoms with van der Waals surface area (Å²) in [5, 5.41) is 3.32. The van der Waals surface area contributed by atoms with Crippen LogP contribution in [0.15, 0.2) is 59.5 Å². The van der Waals surface area contributed by atoms with E-state index in [0.717, 1.165) is 11.5 Å². The lowest BCUT2D eigenvalue weighted by atomic mass is 10.2. The summed E-state index contributed by atoms with van der Waals surface area (Å²) >= 11 is 0.404. The molecule has 6 nitrogen and oxygen atoms in total. The standard InChI is InChI=1S/C24H25F2N5OS/c1-16-7-9-18(10-8-16)29-21-15-22(28-17(2)27-21)30-11-13-31(14-12-30)23(32)19-5-3-4-6-20(19)33-24(25)26/h3-10,15,24H,11-14H2,1-2H3,(H,27,28,29). The molecular weight excluding hydrogens is 444 g/mol. The van der Waals surface area contributed by atoms with Crippen molar-refractivity contribution in [2.45, 2.75) is 24.5 Å². The Morgan fingerprint density at radius 3 is 2.39 bits per heavy atom. The van der Waals surface area contributed by atoms with Crippen molar-refractivity contribution in [3.05, 3.63) is 71.5 Å². The fraction of sp³-hybridized carbons (Fsp3) is 0.292. The molecule has 9 heteroatoms. The van der Waals surface area contributed by atoms with Crippen molar-refractivity contribution in [2.75, 3.05) is 36.4 Å². The van der Waals surface area contributed by atoms with Crippen LogP contribution < -0.4 is 10.2 Å². The molecule has 0 atom stereocenters. The highest BCUT2D eigenvalue weighted by molar-refractivity contribution is 7.99. The number of rotatable bonds is 6. The number of aromatic nitrogens is 2. The quantitative estimate of drug-likeness (QED) is 0.506. The van der Waals surface area contributed by atoms with Crippen molar-refractivity contribution in [1.29, 1.82) is 0 Å². The molecular formula is C24H25F2N5OS. The summed E-state index contributed by atoms with van der Waals surface area (Å²) in [5.74, 6) is -0.646. The van der Waals surface area contributed by atoms with Gasteiger partial charge in [0.15, 0.2) is 0 Å². The van der Waals surface area contributed by atoms with Crippen molar-refractivity contribution >= 4 is 35.0 Å². The summed E-state index contributed by atoms with van der Waals surface area (Å²) in [7, 11) is 0.